The lowest BCUT2D eigenvalue weighted by Crippen LogP contribution is -2.46. The fraction of sp³-hybridized carbons (Fsp3) is 0.889. The van der Waals surface area contributed by atoms with Crippen molar-refractivity contribution in [3.05, 3.63) is 0 Å². The molecule has 0 atom stereocenters. The molecule has 1 fully saturated rings. The van der Waals surface area contributed by atoms with Gasteiger partial charge in [0.15, 0.2) is 0 Å². The van der Waals surface area contributed by atoms with Crippen molar-refractivity contribution in [3.8, 4) is 0 Å². The average Bonchev–Trinajstić information content (AvgIpc) is 1.75. The smallest absolute Gasteiger partial charge is 0.133 e. The zero-order valence-corrected chi connectivity index (χ0v) is 7.55. The third-order valence-electron chi connectivity index (χ3n) is 2.28. The second kappa shape index (κ2) is 3.35. The van der Waals surface area contributed by atoms with Crippen LogP contribution in [-0.4, -0.2) is 17.9 Å². The summed E-state index contributed by atoms with van der Waals surface area (Å²) in [5.41, 5.74) is 0. The van der Waals surface area contributed by atoms with E-state index in [1.807, 2.05) is 0 Å². The summed E-state index contributed by atoms with van der Waals surface area (Å²) < 4.78 is 0. The quantitative estimate of drug-likeness (QED) is 0.666. The standard InChI is InChI=1S/C9H17NO/c1-6(2)10-9-4-8(5-9)7(3)11/h6,8-10H,4-5H2,1-3H3. The Bertz CT molecular complexity index is 148. The Morgan fingerprint density at radius 3 is 2.36 bits per heavy atom. The fourth-order valence-corrected chi connectivity index (χ4v) is 1.56. The topological polar surface area (TPSA) is 29.1 Å². The minimum Gasteiger partial charge on any atom is -0.312 e. The first-order valence-electron chi connectivity index (χ1n) is 4.36. The van der Waals surface area contributed by atoms with Crippen LogP contribution in [-0.2, 0) is 4.79 Å². The lowest BCUT2D eigenvalue weighted by molar-refractivity contribution is -0.123. The van der Waals surface area contributed by atoms with Crippen LogP contribution in [0.5, 0.6) is 0 Å². The molecule has 0 radical (unpaired) electrons. The molecule has 0 amide bonds. The number of hydrogen-bond acceptors (Lipinski definition) is 2. The molecule has 0 spiro atoms. The van der Waals surface area contributed by atoms with Gasteiger partial charge in [0, 0.05) is 18.0 Å². The SMILES string of the molecule is CC(=O)C1CC(NC(C)C)C1. The lowest BCUT2D eigenvalue weighted by atomic mass is 9.78. The van der Waals surface area contributed by atoms with Gasteiger partial charge in [0.25, 0.3) is 0 Å². The monoisotopic (exact) mass is 155 g/mol. The molecule has 0 aliphatic heterocycles. The molecular formula is C9H17NO. The maximum atomic E-state index is 10.8. The highest BCUT2D eigenvalue weighted by molar-refractivity contribution is 5.79. The first-order chi connectivity index (χ1) is 5.09. The summed E-state index contributed by atoms with van der Waals surface area (Å²) in [5, 5.41) is 3.41. The van der Waals surface area contributed by atoms with Crippen molar-refractivity contribution in [2.75, 3.05) is 0 Å². The Balaban J connectivity index is 2.14. The van der Waals surface area contributed by atoms with Crippen LogP contribution in [0, 0.1) is 5.92 Å². The van der Waals surface area contributed by atoms with Crippen LogP contribution in [0.25, 0.3) is 0 Å². The number of hydrogen-bond donors (Lipinski definition) is 1. The summed E-state index contributed by atoms with van der Waals surface area (Å²) in [4.78, 5) is 10.8. The minimum atomic E-state index is 0.353. The van der Waals surface area contributed by atoms with Crippen molar-refractivity contribution in [1.29, 1.82) is 0 Å². The molecule has 0 aromatic rings. The average molecular weight is 155 g/mol. The molecule has 0 aromatic carbocycles. The van der Waals surface area contributed by atoms with E-state index in [2.05, 4.69) is 19.2 Å². The van der Waals surface area contributed by atoms with Crippen molar-refractivity contribution < 1.29 is 4.79 Å². The van der Waals surface area contributed by atoms with Crippen LogP contribution >= 0.6 is 0 Å². The number of ketones is 1. The molecule has 1 aliphatic carbocycles. The fourth-order valence-electron chi connectivity index (χ4n) is 1.56. The molecule has 1 saturated carbocycles. The lowest BCUT2D eigenvalue weighted by Gasteiger charge is -2.35. The number of rotatable bonds is 3. The second-order valence-corrected chi connectivity index (χ2v) is 3.80. The highest BCUT2D eigenvalue weighted by Gasteiger charge is 2.31. The van der Waals surface area contributed by atoms with Crippen LogP contribution in [0.2, 0.25) is 0 Å². The van der Waals surface area contributed by atoms with Gasteiger partial charge in [0.1, 0.15) is 5.78 Å². The summed E-state index contributed by atoms with van der Waals surface area (Å²) in [6, 6.07) is 1.15. The van der Waals surface area contributed by atoms with Crippen molar-refractivity contribution in [2.45, 2.75) is 45.7 Å². The summed E-state index contributed by atoms with van der Waals surface area (Å²) in [7, 11) is 0. The summed E-state index contributed by atoms with van der Waals surface area (Å²) >= 11 is 0. The van der Waals surface area contributed by atoms with Gasteiger partial charge in [-0.25, -0.2) is 0 Å². The van der Waals surface area contributed by atoms with E-state index in [0.717, 1.165) is 12.8 Å². The van der Waals surface area contributed by atoms with Crippen LogP contribution in [0.4, 0.5) is 0 Å². The molecular weight excluding hydrogens is 138 g/mol. The number of nitrogens with one attached hydrogen (secondary N) is 1. The maximum Gasteiger partial charge on any atom is 0.133 e. The van der Waals surface area contributed by atoms with Crippen molar-refractivity contribution in [1.82, 2.24) is 5.32 Å². The van der Waals surface area contributed by atoms with Gasteiger partial charge in [0.2, 0.25) is 0 Å². The Kier molecular flexibility index (Phi) is 2.66. The van der Waals surface area contributed by atoms with Crippen LogP contribution in [0.3, 0.4) is 0 Å². The molecule has 0 aromatic heterocycles. The molecule has 0 saturated heterocycles. The predicted molar refractivity (Wildman–Crippen MR) is 45.5 cm³/mol. The summed E-state index contributed by atoms with van der Waals surface area (Å²) in [5.74, 6) is 0.707. The maximum absolute atomic E-state index is 10.8. The van der Waals surface area contributed by atoms with Crippen LogP contribution < -0.4 is 5.32 Å². The molecule has 0 unspecified atom stereocenters. The summed E-state index contributed by atoms with van der Waals surface area (Å²) in [6.07, 6.45) is 2.10. The van der Waals surface area contributed by atoms with Crippen molar-refractivity contribution >= 4 is 5.78 Å². The largest absolute Gasteiger partial charge is 0.312 e. The second-order valence-electron chi connectivity index (χ2n) is 3.80. The van der Waals surface area contributed by atoms with E-state index in [1.54, 1.807) is 6.92 Å². The number of carbonyl (C=O) groups is 1. The molecule has 1 N–H and O–H groups in total. The van der Waals surface area contributed by atoms with E-state index in [0.29, 0.717) is 23.8 Å². The van der Waals surface area contributed by atoms with E-state index in [-0.39, 0.29) is 0 Å². The van der Waals surface area contributed by atoms with Gasteiger partial charge in [-0.1, -0.05) is 13.8 Å². The highest BCUT2D eigenvalue weighted by atomic mass is 16.1. The molecule has 0 bridgehead atoms. The number of Topliss-reactive ketones (excluding diaryl/α,β-unsaturated/α-hetero) is 1. The third kappa shape index (κ3) is 2.29. The first kappa shape index (κ1) is 8.72. The van der Waals surface area contributed by atoms with Gasteiger partial charge >= 0.3 is 0 Å². The molecule has 1 aliphatic rings. The first-order valence-corrected chi connectivity index (χ1v) is 4.36. The Hall–Kier alpha value is -0.370. The van der Waals surface area contributed by atoms with Gasteiger partial charge in [-0.05, 0) is 19.8 Å². The third-order valence-corrected chi connectivity index (χ3v) is 2.28. The van der Waals surface area contributed by atoms with Crippen LogP contribution in [0.1, 0.15) is 33.6 Å². The molecule has 2 heteroatoms. The van der Waals surface area contributed by atoms with Gasteiger partial charge in [-0.15, -0.1) is 0 Å². The minimum absolute atomic E-state index is 0.353. The number of carbonyl (C=O) groups excluding carboxylic acids is 1. The Morgan fingerprint density at radius 2 is 2.00 bits per heavy atom. The Labute approximate surface area is 68.4 Å². The van der Waals surface area contributed by atoms with Crippen molar-refractivity contribution in [2.24, 2.45) is 5.92 Å². The van der Waals surface area contributed by atoms with Gasteiger partial charge in [0.05, 0.1) is 0 Å². The van der Waals surface area contributed by atoms with E-state index >= 15 is 0 Å². The molecule has 64 valence electrons. The molecule has 0 heterocycles. The molecule has 2 nitrogen and oxygen atoms in total. The molecule has 1 rings (SSSR count). The highest BCUT2D eigenvalue weighted by Crippen LogP contribution is 2.28. The van der Waals surface area contributed by atoms with E-state index in [1.165, 1.54) is 0 Å². The summed E-state index contributed by atoms with van der Waals surface area (Å²) in [6.45, 7) is 5.97. The van der Waals surface area contributed by atoms with Crippen LogP contribution in [0.15, 0.2) is 0 Å². The predicted octanol–water partition coefficient (Wildman–Crippen LogP) is 1.35. The van der Waals surface area contributed by atoms with Gasteiger partial charge in [-0.3, -0.25) is 4.79 Å². The van der Waals surface area contributed by atoms with E-state index in [9.17, 15) is 4.79 Å². The zero-order chi connectivity index (χ0) is 8.43. The van der Waals surface area contributed by atoms with E-state index in [4.69, 9.17) is 0 Å². The van der Waals surface area contributed by atoms with Gasteiger partial charge < -0.3 is 5.32 Å². The van der Waals surface area contributed by atoms with E-state index < -0.39 is 0 Å². The normalized spacial score (nSPS) is 30.2. The zero-order valence-electron chi connectivity index (χ0n) is 7.55. The molecule has 11 heavy (non-hydrogen) atoms. The Morgan fingerprint density at radius 1 is 1.45 bits per heavy atom. The van der Waals surface area contributed by atoms with Gasteiger partial charge in [-0.2, -0.15) is 0 Å². The van der Waals surface area contributed by atoms with Crippen molar-refractivity contribution in [3.63, 3.8) is 0 Å².